The number of methoxy groups -OCH3 is 1. The summed E-state index contributed by atoms with van der Waals surface area (Å²) in [5.41, 5.74) is 1.40. The molecule has 1 aliphatic heterocycles. The Bertz CT molecular complexity index is 617. The molecule has 1 fully saturated rings. The van der Waals surface area contributed by atoms with Crippen LogP contribution < -0.4 is 10.1 Å². The topological polar surface area (TPSA) is 73.6 Å². The Balaban J connectivity index is 1.66. The molecule has 1 atom stereocenters. The Morgan fingerprint density at radius 3 is 3.20 bits per heavy atom. The quantitative estimate of drug-likeness (QED) is 0.915. The third-order valence-corrected chi connectivity index (χ3v) is 3.35. The summed E-state index contributed by atoms with van der Waals surface area (Å²) in [6, 6.07) is 5.41. The zero-order valence-electron chi connectivity index (χ0n) is 11.2. The lowest BCUT2D eigenvalue weighted by molar-refractivity contribution is -0.125. The lowest BCUT2D eigenvalue weighted by Gasteiger charge is -2.06. The van der Waals surface area contributed by atoms with Crippen LogP contribution in [0.25, 0.3) is 11.1 Å². The normalized spacial score (nSPS) is 18.4. The van der Waals surface area contributed by atoms with Crippen molar-refractivity contribution in [3.63, 3.8) is 0 Å². The minimum atomic E-state index is -0.0560. The highest BCUT2D eigenvalue weighted by Crippen LogP contribution is 2.21. The van der Waals surface area contributed by atoms with E-state index in [0.29, 0.717) is 24.7 Å². The Hall–Kier alpha value is -2.08. The number of nitrogens with zero attached hydrogens (tertiary/aromatic N) is 1. The van der Waals surface area contributed by atoms with E-state index in [-0.39, 0.29) is 18.4 Å². The number of ether oxygens (including phenoxy) is 2. The van der Waals surface area contributed by atoms with E-state index in [1.54, 1.807) is 19.2 Å². The zero-order chi connectivity index (χ0) is 13.9. The van der Waals surface area contributed by atoms with Crippen LogP contribution in [0.5, 0.6) is 5.75 Å². The molecule has 6 heteroatoms. The van der Waals surface area contributed by atoms with E-state index in [1.165, 1.54) is 0 Å². The van der Waals surface area contributed by atoms with Crippen molar-refractivity contribution in [2.24, 2.45) is 5.92 Å². The average molecular weight is 276 g/mol. The van der Waals surface area contributed by atoms with Gasteiger partial charge in [-0.2, -0.15) is 0 Å². The fourth-order valence-electron chi connectivity index (χ4n) is 2.21. The van der Waals surface area contributed by atoms with Gasteiger partial charge in [-0.05, 0) is 18.6 Å². The highest BCUT2D eigenvalue weighted by molar-refractivity contribution is 5.79. The molecule has 0 saturated carbocycles. The molecule has 0 aliphatic carbocycles. The molecule has 106 valence electrons. The number of amides is 1. The second-order valence-electron chi connectivity index (χ2n) is 4.72. The number of hydrogen-bond acceptors (Lipinski definition) is 5. The summed E-state index contributed by atoms with van der Waals surface area (Å²) in [4.78, 5) is 16.2. The van der Waals surface area contributed by atoms with Crippen LogP contribution in [0.1, 0.15) is 12.3 Å². The van der Waals surface area contributed by atoms with Gasteiger partial charge in [-0.1, -0.05) is 0 Å². The first-order valence-electron chi connectivity index (χ1n) is 6.55. The molecule has 3 rings (SSSR count). The van der Waals surface area contributed by atoms with Gasteiger partial charge in [0.25, 0.3) is 0 Å². The van der Waals surface area contributed by atoms with Crippen molar-refractivity contribution in [1.29, 1.82) is 0 Å². The SMILES string of the molecule is COc1ccc2oc(CNC(=O)C3CCOC3)nc2c1. The number of hydrogen-bond donors (Lipinski definition) is 1. The van der Waals surface area contributed by atoms with Crippen molar-refractivity contribution < 1.29 is 18.7 Å². The average Bonchev–Trinajstić information content (AvgIpc) is 3.12. The van der Waals surface area contributed by atoms with Crippen LogP contribution >= 0.6 is 0 Å². The number of aromatic nitrogens is 1. The fraction of sp³-hybridized carbons (Fsp3) is 0.429. The van der Waals surface area contributed by atoms with Gasteiger partial charge in [0.1, 0.15) is 11.3 Å². The van der Waals surface area contributed by atoms with Crippen molar-refractivity contribution >= 4 is 17.0 Å². The number of carbonyl (C=O) groups is 1. The summed E-state index contributed by atoms with van der Waals surface area (Å²) in [5, 5.41) is 2.82. The van der Waals surface area contributed by atoms with E-state index in [4.69, 9.17) is 13.9 Å². The molecule has 1 amide bonds. The first kappa shape index (κ1) is 12.9. The molecule has 2 heterocycles. The van der Waals surface area contributed by atoms with Gasteiger partial charge in [-0.15, -0.1) is 0 Å². The van der Waals surface area contributed by atoms with Crippen LogP contribution in [-0.4, -0.2) is 31.2 Å². The zero-order valence-corrected chi connectivity index (χ0v) is 11.2. The number of carbonyl (C=O) groups excluding carboxylic acids is 1. The van der Waals surface area contributed by atoms with Crippen LogP contribution in [0.3, 0.4) is 0 Å². The predicted molar refractivity (Wildman–Crippen MR) is 71.3 cm³/mol. The molecule has 0 bridgehead atoms. The lowest BCUT2D eigenvalue weighted by atomic mass is 10.1. The molecular formula is C14H16N2O4. The maximum atomic E-state index is 11.9. The van der Waals surface area contributed by atoms with Gasteiger partial charge in [0, 0.05) is 12.7 Å². The maximum absolute atomic E-state index is 11.9. The molecule has 2 aromatic rings. The number of nitrogens with one attached hydrogen (secondary N) is 1. The van der Waals surface area contributed by atoms with Crippen molar-refractivity contribution in [3.05, 3.63) is 24.1 Å². The van der Waals surface area contributed by atoms with Crippen LogP contribution in [0.2, 0.25) is 0 Å². The highest BCUT2D eigenvalue weighted by Gasteiger charge is 2.23. The monoisotopic (exact) mass is 276 g/mol. The molecular weight excluding hydrogens is 260 g/mol. The second-order valence-corrected chi connectivity index (χ2v) is 4.72. The van der Waals surface area contributed by atoms with Crippen molar-refractivity contribution in [3.8, 4) is 5.75 Å². The molecule has 6 nitrogen and oxygen atoms in total. The van der Waals surface area contributed by atoms with Crippen LogP contribution in [0, 0.1) is 5.92 Å². The van der Waals surface area contributed by atoms with E-state index in [1.807, 2.05) is 6.07 Å². The molecule has 1 aliphatic rings. The Morgan fingerprint density at radius 2 is 2.45 bits per heavy atom. The van der Waals surface area contributed by atoms with Gasteiger partial charge >= 0.3 is 0 Å². The standard InChI is InChI=1S/C14H16N2O4/c1-18-10-2-3-12-11(6-10)16-13(20-12)7-15-14(17)9-4-5-19-8-9/h2-3,6,9H,4-5,7-8H2,1H3,(H,15,17). The van der Waals surface area contributed by atoms with E-state index < -0.39 is 0 Å². The molecule has 0 radical (unpaired) electrons. The smallest absolute Gasteiger partial charge is 0.225 e. The summed E-state index contributed by atoms with van der Waals surface area (Å²) in [6.07, 6.45) is 0.774. The van der Waals surface area contributed by atoms with E-state index in [0.717, 1.165) is 17.7 Å². The third kappa shape index (κ3) is 2.60. The van der Waals surface area contributed by atoms with Gasteiger partial charge in [0.2, 0.25) is 11.8 Å². The lowest BCUT2D eigenvalue weighted by Crippen LogP contribution is -2.30. The highest BCUT2D eigenvalue weighted by atomic mass is 16.5. The summed E-state index contributed by atoms with van der Waals surface area (Å²) in [5.74, 6) is 1.15. The number of rotatable bonds is 4. The minimum absolute atomic E-state index is 0.0117. The number of benzene rings is 1. The van der Waals surface area contributed by atoms with Crippen LogP contribution in [-0.2, 0) is 16.1 Å². The minimum Gasteiger partial charge on any atom is -0.497 e. The summed E-state index contributed by atoms with van der Waals surface area (Å²) in [7, 11) is 1.60. The molecule has 1 saturated heterocycles. The van der Waals surface area contributed by atoms with Crippen molar-refractivity contribution in [1.82, 2.24) is 10.3 Å². The van der Waals surface area contributed by atoms with Crippen LogP contribution in [0.4, 0.5) is 0 Å². The predicted octanol–water partition coefficient (Wildman–Crippen LogP) is 1.49. The van der Waals surface area contributed by atoms with Crippen molar-refractivity contribution in [2.75, 3.05) is 20.3 Å². The van der Waals surface area contributed by atoms with Gasteiger partial charge in [0.05, 0.1) is 26.2 Å². The van der Waals surface area contributed by atoms with E-state index >= 15 is 0 Å². The second kappa shape index (κ2) is 5.50. The largest absolute Gasteiger partial charge is 0.497 e. The Labute approximate surface area is 116 Å². The maximum Gasteiger partial charge on any atom is 0.225 e. The molecule has 20 heavy (non-hydrogen) atoms. The van der Waals surface area contributed by atoms with Gasteiger partial charge < -0.3 is 19.2 Å². The Kier molecular flexibility index (Phi) is 3.56. The van der Waals surface area contributed by atoms with E-state index in [2.05, 4.69) is 10.3 Å². The first-order valence-corrected chi connectivity index (χ1v) is 6.55. The number of oxazole rings is 1. The molecule has 1 aromatic heterocycles. The van der Waals surface area contributed by atoms with Crippen molar-refractivity contribution in [2.45, 2.75) is 13.0 Å². The van der Waals surface area contributed by atoms with Crippen LogP contribution in [0.15, 0.2) is 22.6 Å². The fourth-order valence-corrected chi connectivity index (χ4v) is 2.21. The van der Waals surface area contributed by atoms with Gasteiger partial charge in [-0.25, -0.2) is 4.98 Å². The Morgan fingerprint density at radius 1 is 1.55 bits per heavy atom. The summed E-state index contributed by atoms with van der Waals surface area (Å²) in [6.45, 7) is 1.43. The van der Waals surface area contributed by atoms with Gasteiger partial charge in [0.15, 0.2) is 5.58 Å². The molecule has 0 spiro atoms. The summed E-state index contributed by atoms with van der Waals surface area (Å²) >= 11 is 0. The first-order chi connectivity index (χ1) is 9.76. The number of fused-ring (bicyclic) bond motifs is 1. The van der Waals surface area contributed by atoms with Gasteiger partial charge in [-0.3, -0.25) is 4.79 Å². The molecule has 1 aromatic carbocycles. The summed E-state index contributed by atoms with van der Waals surface area (Å²) < 4.78 is 15.9. The van der Waals surface area contributed by atoms with E-state index in [9.17, 15) is 4.79 Å². The third-order valence-electron chi connectivity index (χ3n) is 3.35. The molecule has 1 N–H and O–H groups in total. The molecule has 1 unspecified atom stereocenters.